The third-order valence-corrected chi connectivity index (χ3v) is 7.23. The Bertz CT molecular complexity index is 1180. The van der Waals surface area contributed by atoms with E-state index in [1.807, 2.05) is 36.9 Å². The predicted molar refractivity (Wildman–Crippen MR) is 124 cm³/mol. The van der Waals surface area contributed by atoms with E-state index in [1.54, 1.807) is 35.8 Å². The van der Waals surface area contributed by atoms with Crippen LogP contribution >= 0.6 is 11.3 Å². The topological polar surface area (TPSA) is 75.4 Å². The highest BCUT2D eigenvalue weighted by Crippen LogP contribution is 2.50. The standard InChI is InChI=1S/C25H25N3O3S/c1-15-5-3-6-17(11-15)24-23(27-16(2)32-24)25(30)28-14-18-12-20(18)21(28)13-26-22(29)9-8-19-7-4-10-31-19/h3-11,18,20-21H,12-14H2,1-2H3,(H,26,29). The number of aromatic nitrogens is 1. The molecular formula is C25H25N3O3S. The summed E-state index contributed by atoms with van der Waals surface area (Å²) in [6, 6.07) is 11.7. The Morgan fingerprint density at radius 2 is 2.16 bits per heavy atom. The van der Waals surface area contributed by atoms with Crippen LogP contribution in [0.25, 0.3) is 16.5 Å². The summed E-state index contributed by atoms with van der Waals surface area (Å²) >= 11 is 1.55. The molecule has 3 unspecified atom stereocenters. The molecule has 1 N–H and O–H groups in total. The molecule has 2 aromatic heterocycles. The number of carbonyl (C=O) groups is 2. The molecule has 2 amide bonds. The van der Waals surface area contributed by atoms with Crippen molar-refractivity contribution in [1.82, 2.24) is 15.2 Å². The van der Waals surface area contributed by atoms with E-state index in [0.29, 0.717) is 29.8 Å². The van der Waals surface area contributed by atoms with Crippen LogP contribution in [-0.2, 0) is 4.79 Å². The van der Waals surface area contributed by atoms with Gasteiger partial charge in [0.15, 0.2) is 0 Å². The summed E-state index contributed by atoms with van der Waals surface area (Å²) < 4.78 is 5.21. The molecule has 6 nitrogen and oxygen atoms in total. The second-order valence-corrected chi connectivity index (χ2v) is 9.76. The van der Waals surface area contributed by atoms with Gasteiger partial charge in [0.1, 0.15) is 11.5 Å². The number of hydrogen-bond acceptors (Lipinski definition) is 5. The predicted octanol–water partition coefficient (Wildman–Crippen LogP) is 4.31. The molecule has 0 spiro atoms. The number of likely N-dealkylation sites (tertiary alicyclic amines) is 1. The van der Waals surface area contributed by atoms with E-state index >= 15 is 0 Å². The summed E-state index contributed by atoms with van der Waals surface area (Å²) in [5, 5.41) is 3.84. The Kier molecular flexibility index (Phi) is 5.43. The second-order valence-electron chi connectivity index (χ2n) is 8.56. The van der Waals surface area contributed by atoms with Crippen LogP contribution < -0.4 is 5.32 Å². The van der Waals surface area contributed by atoms with Gasteiger partial charge in [-0.1, -0.05) is 29.8 Å². The molecule has 0 radical (unpaired) electrons. The summed E-state index contributed by atoms with van der Waals surface area (Å²) in [6.07, 6.45) is 5.79. The van der Waals surface area contributed by atoms with Crippen molar-refractivity contribution in [2.24, 2.45) is 11.8 Å². The van der Waals surface area contributed by atoms with Gasteiger partial charge in [-0.05, 0) is 55.9 Å². The van der Waals surface area contributed by atoms with Crippen LogP contribution in [0, 0.1) is 25.7 Å². The van der Waals surface area contributed by atoms with Crippen molar-refractivity contribution in [3.05, 3.63) is 70.8 Å². The Morgan fingerprint density at radius 1 is 1.28 bits per heavy atom. The lowest BCUT2D eigenvalue weighted by molar-refractivity contribution is -0.116. The van der Waals surface area contributed by atoms with E-state index in [1.165, 1.54) is 6.08 Å². The number of aryl methyl sites for hydroxylation is 2. The van der Waals surface area contributed by atoms with Gasteiger partial charge >= 0.3 is 0 Å². The lowest BCUT2D eigenvalue weighted by Gasteiger charge is -2.27. The number of hydrogen-bond donors (Lipinski definition) is 1. The first-order chi connectivity index (χ1) is 15.5. The van der Waals surface area contributed by atoms with Crippen molar-refractivity contribution in [3.8, 4) is 10.4 Å². The van der Waals surface area contributed by atoms with Gasteiger partial charge in [0.2, 0.25) is 5.91 Å². The van der Waals surface area contributed by atoms with Crippen molar-refractivity contribution in [2.45, 2.75) is 26.3 Å². The molecule has 2 fully saturated rings. The molecule has 3 aromatic rings. The van der Waals surface area contributed by atoms with E-state index in [4.69, 9.17) is 4.42 Å². The number of rotatable bonds is 6. The van der Waals surface area contributed by atoms with Gasteiger partial charge in [0.05, 0.1) is 22.2 Å². The number of fused-ring (bicyclic) bond motifs is 1. The summed E-state index contributed by atoms with van der Waals surface area (Å²) in [7, 11) is 0. The number of piperidine rings is 1. The van der Waals surface area contributed by atoms with Gasteiger partial charge in [0.25, 0.3) is 5.91 Å². The molecule has 164 valence electrons. The Labute approximate surface area is 191 Å². The molecule has 7 heteroatoms. The summed E-state index contributed by atoms with van der Waals surface area (Å²) in [5.74, 6) is 1.38. The fraction of sp³-hybridized carbons (Fsp3) is 0.320. The number of nitrogens with one attached hydrogen (secondary N) is 1. The van der Waals surface area contributed by atoms with Crippen LogP contribution in [0.3, 0.4) is 0 Å². The Hall–Kier alpha value is -3.19. The van der Waals surface area contributed by atoms with Gasteiger partial charge in [0, 0.05) is 19.2 Å². The molecular weight excluding hydrogens is 422 g/mol. The summed E-state index contributed by atoms with van der Waals surface area (Å²) in [5.41, 5.74) is 2.70. The minimum Gasteiger partial charge on any atom is -0.465 e. The minimum atomic E-state index is -0.192. The van der Waals surface area contributed by atoms with Gasteiger partial charge < -0.3 is 14.6 Å². The number of thiazole rings is 1. The van der Waals surface area contributed by atoms with Crippen LogP contribution in [0.5, 0.6) is 0 Å². The maximum atomic E-state index is 13.6. The van der Waals surface area contributed by atoms with E-state index in [-0.39, 0.29) is 17.9 Å². The quantitative estimate of drug-likeness (QED) is 0.572. The van der Waals surface area contributed by atoms with Gasteiger partial charge in [-0.3, -0.25) is 9.59 Å². The fourth-order valence-corrected chi connectivity index (χ4v) is 5.47. The van der Waals surface area contributed by atoms with E-state index < -0.39 is 0 Å². The summed E-state index contributed by atoms with van der Waals surface area (Å²) in [4.78, 5) is 33.3. The summed E-state index contributed by atoms with van der Waals surface area (Å²) in [6.45, 7) is 5.16. The van der Waals surface area contributed by atoms with E-state index in [2.05, 4.69) is 16.4 Å². The van der Waals surface area contributed by atoms with Gasteiger partial charge in [-0.15, -0.1) is 11.3 Å². The number of furan rings is 1. The fourth-order valence-electron chi connectivity index (χ4n) is 4.56. The number of benzene rings is 1. The lowest BCUT2D eigenvalue weighted by atomic mass is 10.1. The molecule has 3 atom stereocenters. The first-order valence-corrected chi connectivity index (χ1v) is 11.7. The molecule has 1 saturated heterocycles. The SMILES string of the molecule is Cc1cccc(-c2sc(C)nc2C(=O)N2CC3CC3C2CNC(=O)C=Cc2ccco2)c1. The number of nitrogens with zero attached hydrogens (tertiary/aromatic N) is 2. The third-order valence-electron chi connectivity index (χ3n) is 6.21. The van der Waals surface area contributed by atoms with Crippen molar-refractivity contribution in [1.29, 1.82) is 0 Å². The molecule has 5 rings (SSSR count). The normalized spacial score (nSPS) is 21.7. The van der Waals surface area contributed by atoms with Crippen LogP contribution in [0.1, 0.15) is 33.2 Å². The molecule has 32 heavy (non-hydrogen) atoms. The minimum absolute atomic E-state index is 0.000767. The third kappa shape index (κ3) is 4.12. The van der Waals surface area contributed by atoms with E-state index in [0.717, 1.165) is 34.0 Å². The largest absolute Gasteiger partial charge is 0.465 e. The van der Waals surface area contributed by atoms with Crippen LogP contribution in [0.15, 0.2) is 53.2 Å². The average molecular weight is 448 g/mol. The first kappa shape index (κ1) is 20.7. The average Bonchev–Trinajstić information content (AvgIpc) is 3.14. The van der Waals surface area contributed by atoms with Crippen LogP contribution in [-0.4, -0.2) is 40.8 Å². The lowest BCUT2D eigenvalue weighted by Crippen LogP contribution is -2.45. The molecule has 2 aliphatic rings. The van der Waals surface area contributed by atoms with Crippen molar-refractivity contribution < 1.29 is 14.0 Å². The zero-order chi connectivity index (χ0) is 22.2. The Morgan fingerprint density at radius 3 is 2.94 bits per heavy atom. The highest BCUT2D eigenvalue weighted by molar-refractivity contribution is 7.15. The Balaban J connectivity index is 1.31. The maximum Gasteiger partial charge on any atom is 0.274 e. The van der Waals surface area contributed by atoms with Gasteiger partial charge in [-0.25, -0.2) is 4.98 Å². The van der Waals surface area contributed by atoms with Crippen molar-refractivity contribution >= 4 is 29.2 Å². The van der Waals surface area contributed by atoms with Crippen LogP contribution in [0.2, 0.25) is 0 Å². The number of carbonyl (C=O) groups excluding carboxylic acids is 2. The number of amides is 2. The van der Waals surface area contributed by atoms with Gasteiger partial charge in [-0.2, -0.15) is 0 Å². The molecule has 1 aliphatic heterocycles. The monoisotopic (exact) mass is 447 g/mol. The second kappa shape index (κ2) is 8.39. The zero-order valence-electron chi connectivity index (χ0n) is 18.1. The van der Waals surface area contributed by atoms with Crippen molar-refractivity contribution in [3.63, 3.8) is 0 Å². The van der Waals surface area contributed by atoms with Crippen LogP contribution in [0.4, 0.5) is 0 Å². The van der Waals surface area contributed by atoms with Crippen molar-refractivity contribution in [2.75, 3.05) is 13.1 Å². The maximum absolute atomic E-state index is 13.6. The highest BCUT2D eigenvalue weighted by Gasteiger charge is 2.54. The molecule has 3 heterocycles. The van der Waals surface area contributed by atoms with E-state index in [9.17, 15) is 9.59 Å². The highest BCUT2D eigenvalue weighted by atomic mass is 32.1. The molecule has 0 bridgehead atoms. The first-order valence-electron chi connectivity index (χ1n) is 10.8. The molecule has 1 saturated carbocycles. The smallest absolute Gasteiger partial charge is 0.274 e. The zero-order valence-corrected chi connectivity index (χ0v) is 18.9. The molecule has 1 aliphatic carbocycles. The molecule has 1 aromatic carbocycles.